The molecule has 5 rings (SSSR count). The van der Waals surface area contributed by atoms with E-state index in [1.807, 2.05) is 105 Å². The van der Waals surface area contributed by atoms with E-state index >= 15 is 0 Å². The monoisotopic (exact) mass is 916 g/mol. The molecule has 0 aliphatic rings. The van der Waals surface area contributed by atoms with Crippen LogP contribution in [0, 0.1) is 42.1 Å². The first kappa shape index (κ1) is 57.0. The maximum Gasteiger partial charge on any atom is 0.270 e. The van der Waals surface area contributed by atoms with E-state index in [0.29, 0.717) is 60.0 Å². The Balaban J connectivity index is 0.000000308. The van der Waals surface area contributed by atoms with Crippen LogP contribution in [0.3, 0.4) is 0 Å². The van der Waals surface area contributed by atoms with Crippen LogP contribution in [0.1, 0.15) is 171 Å². The second-order valence-corrected chi connectivity index (χ2v) is 19.1. The fraction of sp³-hybridized carbons (Fsp3) is 0.482. The lowest BCUT2D eigenvalue weighted by Gasteiger charge is -2.31. The maximum atomic E-state index is 12.4. The molecule has 362 valence electrons. The number of benzene rings is 3. The first-order valence-corrected chi connectivity index (χ1v) is 23.6. The van der Waals surface area contributed by atoms with Crippen LogP contribution in [0.25, 0.3) is 4.85 Å². The number of aromatic nitrogens is 2. The molecule has 3 N–H and O–H groups in total. The number of hydrogen-bond acceptors (Lipinski definition) is 8. The van der Waals surface area contributed by atoms with Gasteiger partial charge in [-0.3, -0.25) is 19.2 Å². The number of carbonyl (C=O) groups excluding carboxylic acids is 4. The van der Waals surface area contributed by atoms with Crippen LogP contribution in [-0.2, 0) is 15.0 Å². The highest BCUT2D eigenvalue weighted by molar-refractivity contribution is 5.96. The van der Waals surface area contributed by atoms with Crippen molar-refractivity contribution in [2.45, 2.75) is 133 Å². The third-order valence-electron chi connectivity index (χ3n) is 12.6. The minimum absolute atomic E-state index is 0.0398. The van der Waals surface area contributed by atoms with Gasteiger partial charge in [0, 0.05) is 29.9 Å². The minimum atomic E-state index is -0.553. The predicted molar refractivity (Wildman–Crippen MR) is 270 cm³/mol. The smallest absolute Gasteiger partial charge is 0.270 e. The first-order valence-electron chi connectivity index (χ1n) is 23.6. The molecule has 0 saturated heterocycles. The number of hydrogen-bond donors (Lipinski definition) is 2. The average molecular weight is 916 g/mol. The summed E-state index contributed by atoms with van der Waals surface area (Å²) in [6, 6.07) is 29.3. The molecule has 0 radical (unpaired) electrons. The molecule has 2 amide bonds. The molecule has 67 heavy (non-hydrogen) atoms. The Hall–Kier alpha value is -6.15. The molecule has 5 unspecified atom stereocenters. The Morgan fingerprint density at radius 2 is 1.18 bits per heavy atom. The number of nitrogens with two attached hydrogens (primary N) is 1. The fourth-order valence-electron chi connectivity index (χ4n) is 7.73. The Bertz CT molecular complexity index is 2270. The van der Waals surface area contributed by atoms with Gasteiger partial charge >= 0.3 is 0 Å². The summed E-state index contributed by atoms with van der Waals surface area (Å²) in [5.41, 5.74) is 8.53. The van der Waals surface area contributed by atoms with Crippen LogP contribution in [-0.4, -0.2) is 39.9 Å². The van der Waals surface area contributed by atoms with Crippen molar-refractivity contribution in [3.63, 3.8) is 0 Å². The van der Waals surface area contributed by atoms with Gasteiger partial charge in [-0.2, -0.15) is 0 Å². The molecule has 11 nitrogen and oxygen atoms in total. The van der Waals surface area contributed by atoms with Crippen LogP contribution in [0.15, 0.2) is 112 Å². The molecule has 0 aliphatic heterocycles. The van der Waals surface area contributed by atoms with Crippen molar-refractivity contribution in [1.82, 2.24) is 9.97 Å². The molecule has 0 aliphatic carbocycles. The average Bonchev–Trinajstić information content (AvgIpc) is 4.00. The van der Waals surface area contributed by atoms with Crippen LogP contribution < -0.4 is 11.1 Å². The van der Waals surface area contributed by atoms with E-state index < -0.39 is 5.91 Å². The normalized spacial score (nSPS) is 13.3. The number of amides is 2. The Morgan fingerprint density at radius 3 is 1.58 bits per heavy atom. The fourth-order valence-corrected chi connectivity index (χ4v) is 7.73. The van der Waals surface area contributed by atoms with Gasteiger partial charge in [0.05, 0.1) is 12.3 Å². The number of primary amides is 1. The van der Waals surface area contributed by atoms with Crippen molar-refractivity contribution in [3.05, 3.63) is 149 Å². The van der Waals surface area contributed by atoms with Crippen molar-refractivity contribution >= 4 is 29.1 Å². The number of carbonyl (C=O) groups is 4. The summed E-state index contributed by atoms with van der Waals surface area (Å²) in [6.45, 7) is 36.1. The van der Waals surface area contributed by atoms with Gasteiger partial charge in [-0.1, -0.05) is 169 Å². The van der Waals surface area contributed by atoms with Crippen LogP contribution >= 0.6 is 0 Å². The molecular formula is C56H77N5O6. The third kappa shape index (κ3) is 17.9. The van der Waals surface area contributed by atoms with Crippen molar-refractivity contribution in [3.8, 4) is 0 Å². The number of nitrogens with one attached hydrogen (secondary N) is 1. The summed E-state index contributed by atoms with van der Waals surface area (Å²) in [5.74, 6) is 3.54. The van der Waals surface area contributed by atoms with E-state index in [1.54, 1.807) is 0 Å². The highest BCUT2D eigenvalue weighted by atomic mass is 16.3. The van der Waals surface area contributed by atoms with Crippen molar-refractivity contribution in [2.75, 3.05) is 11.9 Å². The van der Waals surface area contributed by atoms with Gasteiger partial charge in [-0.25, -0.2) is 16.5 Å². The van der Waals surface area contributed by atoms with Gasteiger partial charge in [0.2, 0.25) is 18.3 Å². The van der Waals surface area contributed by atoms with E-state index in [1.165, 1.54) is 19.5 Å². The van der Waals surface area contributed by atoms with Crippen molar-refractivity contribution in [2.24, 2.45) is 41.2 Å². The highest BCUT2D eigenvalue weighted by Gasteiger charge is 2.35. The molecule has 0 spiro atoms. The SMILES string of the molecule is CC(C)C(C(=O)Nc1ccccc1)c1ccccc1.CC(C)C(C)C(C)(C)c1nc(C(N)=O)co1.CCC(c1nc(C(C)=O)co1)C(C)C(C)C.[C-]#[N+]CCC(=O)C(c1ccccc1)C(C)C. The zero-order chi connectivity index (χ0) is 50.4. The number of rotatable bonds is 18. The van der Waals surface area contributed by atoms with Crippen LogP contribution in [0.5, 0.6) is 0 Å². The lowest BCUT2D eigenvalue weighted by Crippen LogP contribution is -2.30. The van der Waals surface area contributed by atoms with E-state index in [-0.39, 0.29) is 52.3 Å². The van der Waals surface area contributed by atoms with Gasteiger partial charge in [-0.15, -0.1) is 0 Å². The second-order valence-electron chi connectivity index (χ2n) is 19.1. The maximum absolute atomic E-state index is 12.4. The molecule has 2 aromatic heterocycles. The Kier molecular flexibility index (Phi) is 23.9. The number of oxazole rings is 2. The number of para-hydroxylation sites is 1. The van der Waals surface area contributed by atoms with Crippen molar-refractivity contribution < 1.29 is 28.0 Å². The lowest BCUT2D eigenvalue weighted by atomic mass is 9.74. The van der Waals surface area contributed by atoms with Gasteiger partial charge in [0.15, 0.2) is 17.4 Å². The summed E-state index contributed by atoms with van der Waals surface area (Å²) < 4.78 is 10.8. The van der Waals surface area contributed by atoms with E-state index in [9.17, 15) is 19.2 Å². The summed E-state index contributed by atoms with van der Waals surface area (Å²) in [5, 5.41) is 2.98. The topological polar surface area (TPSA) is 163 Å². The molecule has 0 saturated carbocycles. The first-order chi connectivity index (χ1) is 31.6. The summed E-state index contributed by atoms with van der Waals surface area (Å²) in [7, 11) is 0. The third-order valence-corrected chi connectivity index (χ3v) is 12.6. The van der Waals surface area contributed by atoms with Gasteiger partial charge in [-0.05, 0) is 65.2 Å². The molecule has 0 fully saturated rings. The van der Waals surface area contributed by atoms with Gasteiger partial charge in [0.1, 0.15) is 24.0 Å². The van der Waals surface area contributed by atoms with Gasteiger partial charge < -0.3 is 24.7 Å². The predicted octanol–water partition coefficient (Wildman–Crippen LogP) is 13.4. The molecule has 5 aromatic rings. The molecule has 5 atom stereocenters. The minimum Gasteiger partial charge on any atom is -0.448 e. The number of anilines is 1. The molecule has 0 bridgehead atoms. The standard InChI is InChI=1S/C17H19NO.C14H17NO.C13H21NO2.C12H20N2O2/c1-13(2)16(14-9-5-3-6-10-14)17(19)18-15-11-7-4-8-12-15;1-11(2)14(13(16)9-10-15-3)12-7-5-4-6-8-12;1-6-11(9(4)8(2)3)13-14-12(7-16-13)10(5)15;1-7(2)8(3)12(4,5)11-14-9(6-16-11)10(13)15/h3-13,16H,1-2H3,(H,18,19);4-8,11,14H,9-10H2,1-2H3;7-9,11H,6H2,1-5H3;6-8H,1-5H3,(H2,13,15). The Morgan fingerprint density at radius 1 is 0.687 bits per heavy atom. The van der Waals surface area contributed by atoms with E-state index in [4.69, 9.17) is 21.1 Å². The van der Waals surface area contributed by atoms with Crippen molar-refractivity contribution in [1.29, 1.82) is 0 Å². The lowest BCUT2D eigenvalue weighted by molar-refractivity contribution is -0.121. The highest BCUT2D eigenvalue weighted by Crippen LogP contribution is 2.36. The number of nitrogens with zero attached hydrogens (tertiary/aromatic N) is 3. The summed E-state index contributed by atoms with van der Waals surface area (Å²) >= 11 is 0. The Labute approximate surface area is 401 Å². The quantitative estimate of drug-likeness (QED) is 0.0648. The van der Waals surface area contributed by atoms with E-state index in [2.05, 4.69) is 96.3 Å². The largest absolute Gasteiger partial charge is 0.448 e. The second kappa shape index (κ2) is 28.1. The van der Waals surface area contributed by atoms with Crippen LogP contribution in [0.2, 0.25) is 0 Å². The van der Waals surface area contributed by atoms with E-state index in [0.717, 1.165) is 23.2 Å². The molecule has 2 heterocycles. The van der Waals surface area contributed by atoms with Gasteiger partial charge in [0.25, 0.3) is 5.91 Å². The number of ketones is 2. The summed E-state index contributed by atoms with van der Waals surface area (Å²) in [4.78, 5) is 58.2. The zero-order valence-corrected chi connectivity index (χ0v) is 42.5. The molecule has 11 heteroatoms. The van der Waals surface area contributed by atoms with Crippen LogP contribution in [0.4, 0.5) is 5.69 Å². The number of Topliss-reactive ketones (excluding diaryl/α,β-unsaturated/α-hetero) is 2. The molecular weight excluding hydrogens is 839 g/mol. The summed E-state index contributed by atoms with van der Waals surface area (Å²) in [6.07, 6.45) is 4.14. The zero-order valence-electron chi connectivity index (χ0n) is 42.5. The molecule has 3 aromatic carbocycles.